The van der Waals surface area contributed by atoms with Crippen LogP contribution < -0.4 is 9.47 Å². The molecule has 114 valence electrons. The van der Waals surface area contributed by atoms with Crippen molar-refractivity contribution < 1.29 is 9.47 Å². The zero-order chi connectivity index (χ0) is 15.8. The lowest BCUT2D eigenvalue weighted by Crippen LogP contribution is -1.92. The van der Waals surface area contributed by atoms with Gasteiger partial charge in [0, 0.05) is 5.39 Å². The number of aromatic nitrogens is 2. The number of rotatable bonds is 3. The van der Waals surface area contributed by atoms with E-state index in [-0.39, 0.29) is 0 Å². The van der Waals surface area contributed by atoms with Crippen LogP contribution in [0.5, 0.6) is 11.5 Å². The molecule has 0 spiro atoms. The molecule has 3 aromatic carbocycles. The first-order valence-electron chi connectivity index (χ1n) is 7.40. The van der Waals surface area contributed by atoms with E-state index < -0.39 is 0 Å². The lowest BCUT2D eigenvalue weighted by Gasteiger charge is -2.11. The first-order chi connectivity index (χ1) is 11.3. The van der Waals surface area contributed by atoms with Crippen LogP contribution in [0.4, 0.5) is 0 Å². The second-order valence-corrected chi connectivity index (χ2v) is 5.34. The van der Waals surface area contributed by atoms with Gasteiger partial charge in [0.2, 0.25) is 0 Å². The zero-order valence-electron chi connectivity index (χ0n) is 13.0. The van der Waals surface area contributed by atoms with Crippen LogP contribution in [0.25, 0.3) is 33.2 Å². The Labute approximate surface area is 133 Å². The average molecular weight is 304 g/mol. The number of nitrogens with one attached hydrogen (secondary N) is 1. The minimum atomic E-state index is 0.765. The van der Waals surface area contributed by atoms with Crippen LogP contribution in [0.3, 0.4) is 0 Å². The van der Waals surface area contributed by atoms with E-state index in [4.69, 9.17) is 9.47 Å². The molecule has 1 aromatic heterocycles. The van der Waals surface area contributed by atoms with Crippen LogP contribution in [0.2, 0.25) is 0 Å². The van der Waals surface area contributed by atoms with Gasteiger partial charge in [-0.05, 0) is 35.7 Å². The van der Waals surface area contributed by atoms with E-state index in [1.54, 1.807) is 14.2 Å². The molecule has 1 heterocycles. The third kappa shape index (κ3) is 2.19. The van der Waals surface area contributed by atoms with Crippen LogP contribution in [0.1, 0.15) is 0 Å². The third-order valence-electron chi connectivity index (χ3n) is 4.02. The van der Waals surface area contributed by atoms with E-state index in [0.29, 0.717) is 0 Å². The molecule has 4 nitrogen and oxygen atoms in total. The van der Waals surface area contributed by atoms with E-state index in [1.807, 2.05) is 42.5 Å². The van der Waals surface area contributed by atoms with Crippen molar-refractivity contribution in [2.45, 2.75) is 0 Å². The van der Waals surface area contributed by atoms with E-state index in [2.05, 4.69) is 22.1 Å². The summed E-state index contributed by atoms with van der Waals surface area (Å²) in [5.41, 5.74) is 2.88. The van der Waals surface area contributed by atoms with Gasteiger partial charge in [-0.1, -0.05) is 24.3 Å². The smallest absolute Gasteiger partial charge is 0.142 e. The number of nitrogens with zero attached hydrogens (tertiary/aromatic N) is 1. The summed E-state index contributed by atoms with van der Waals surface area (Å²) in [5, 5.41) is 2.10. The largest absolute Gasteiger partial charge is 0.496 e. The number of fused-ring (bicyclic) bond motifs is 2. The molecule has 0 aliphatic carbocycles. The van der Waals surface area contributed by atoms with Gasteiger partial charge in [-0.25, -0.2) is 4.98 Å². The lowest BCUT2D eigenvalue weighted by atomic mass is 10.0. The van der Waals surface area contributed by atoms with Crippen molar-refractivity contribution >= 4 is 21.8 Å². The number of hydrogen-bond acceptors (Lipinski definition) is 3. The van der Waals surface area contributed by atoms with Gasteiger partial charge in [-0.15, -0.1) is 0 Å². The van der Waals surface area contributed by atoms with Crippen molar-refractivity contribution in [2.24, 2.45) is 0 Å². The molecule has 0 amide bonds. The quantitative estimate of drug-likeness (QED) is 0.610. The van der Waals surface area contributed by atoms with E-state index in [9.17, 15) is 0 Å². The fraction of sp³-hybridized carbons (Fsp3) is 0.105. The molecule has 0 radical (unpaired) electrons. The molecule has 0 unspecified atom stereocenters. The molecule has 1 N–H and O–H groups in total. The van der Waals surface area contributed by atoms with Crippen molar-refractivity contribution in [2.75, 3.05) is 14.2 Å². The second-order valence-electron chi connectivity index (χ2n) is 5.34. The fourth-order valence-electron chi connectivity index (χ4n) is 2.89. The normalized spacial score (nSPS) is 11.0. The van der Waals surface area contributed by atoms with Gasteiger partial charge < -0.3 is 14.5 Å². The maximum absolute atomic E-state index is 5.59. The molecule has 0 aliphatic heterocycles. The number of imidazole rings is 1. The van der Waals surface area contributed by atoms with Crippen LogP contribution in [0.15, 0.2) is 54.6 Å². The summed E-state index contributed by atoms with van der Waals surface area (Å²) >= 11 is 0. The Morgan fingerprint density at radius 2 is 1.70 bits per heavy atom. The topological polar surface area (TPSA) is 47.1 Å². The molecular weight excluding hydrogens is 288 g/mol. The summed E-state index contributed by atoms with van der Waals surface area (Å²) in [6.07, 6.45) is 0. The number of aromatic amines is 1. The van der Waals surface area contributed by atoms with E-state index in [0.717, 1.165) is 44.7 Å². The minimum Gasteiger partial charge on any atom is -0.496 e. The molecule has 0 bridgehead atoms. The van der Waals surface area contributed by atoms with Crippen molar-refractivity contribution in [3.05, 3.63) is 54.6 Å². The van der Waals surface area contributed by atoms with Crippen molar-refractivity contribution in [3.63, 3.8) is 0 Å². The summed E-state index contributed by atoms with van der Waals surface area (Å²) in [6, 6.07) is 18.0. The van der Waals surface area contributed by atoms with Crippen LogP contribution >= 0.6 is 0 Å². The van der Waals surface area contributed by atoms with Crippen LogP contribution in [-0.4, -0.2) is 24.2 Å². The third-order valence-corrected chi connectivity index (χ3v) is 4.02. The fourth-order valence-corrected chi connectivity index (χ4v) is 2.89. The van der Waals surface area contributed by atoms with Gasteiger partial charge in [0.15, 0.2) is 0 Å². The van der Waals surface area contributed by atoms with Crippen molar-refractivity contribution in [1.82, 2.24) is 9.97 Å². The Morgan fingerprint density at radius 3 is 2.48 bits per heavy atom. The number of ether oxygens (including phenoxy) is 2. The summed E-state index contributed by atoms with van der Waals surface area (Å²) in [6.45, 7) is 0. The van der Waals surface area contributed by atoms with Gasteiger partial charge >= 0.3 is 0 Å². The Bertz CT molecular complexity index is 972. The highest BCUT2D eigenvalue weighted by Gasteiger charge is 2.13. The Morgan fingerprint density at radius 1 is 0.870 bits per heavy atom. The molecule has 4 aromatic rings. The summed E-state index contributed by atoms with van der Waals surface area (Å²) < 4.78 is 11.0. The number of H-pyrrole nitrogens is 1. The first kappa shape index (κ1) is 13.6. The summed E-state index contributed by atoms with van der Waals surface area (Å²) in [7, 11) is 3.34. The standard InChI is InChI=1S/C19H16N2O2/c1-22-17-9-5-6-12-10-14(18(23-2)11-13(12)17)19-20-15-7-3-4-8-16(15)21-19/h3-11H,1-2H3,(H,20,21). The highest BCUT2D eigenvalue weighted by molar-refractivity contribution is 5.94. The summed E-state index contributed by atoms with van der Waals surface area (Å²) in [5.74, 6) is 2.39. The van der Waals surface area contributed by atoms with Gasteiger partial charge in [0.25, 0.3) is 0 Å². The lowest BCUT2D eigenvalue weighted by molar-refractivity contribution is 0.413. The zero-order valence-corrected chi connectivity index (χ0v) is 13.0. The maximum Gasteiger partial charge on any atom is 0.142 e. The molecule has 4 rings (SSSR count). The first-order valence-corrected chi connectivity index (χ1v) is 7.40. The average Bonchev–Trinajstić information content (AvgIpc) is 3.03. The molecule has 0 atom stereocenters. The monoisotopic (exact) mass is 304 g/mol. The van der Waals surface area contributed by atoms with Crippen molar-refractivity contribution in [3.8, 4) is 22.9 Å². The molecule has 23 heavy (non-hydrogen) atoms. The molecule has 0 fully saturated rings. The molecule has 0 saturated heterocycles. The molecule has 0 aliphatic rings. The number of methoxy groups -OCH3 is 2. The number of hydrogen-bond donors (Lipinski definition) is 1. The minimum absolute atomic E-state index is 0.765. The maximum atomic E-state index is 5.59. The van der Waals surface area contributed by atoms with Gasteiger partial charge in [-0.3, -0.25) is 0 Å². The Hall–Kier alpha value is -3.01. The predicted molar refractivity (Wildman–Crippen MR) is 92.1 cm³/mol. The van der Waals surface area contributed by atoms with Crippen LogP contribution in [0, 0.1) is 0 Å². The van der Waals surface area contributed by atoms with Gasteiger partial charge in [0.1, 0.15) is 17.3 Å². The molecular formula is C19H16N2O2. The number of benzene rings is 3. The highest BCUT2D eigenvalue weighted by Crippen LogP contribution is 2.36. The van der Waals surface area contributed by atoms with Crippen LogP contribution in [-0.2, 0) is 0 Å². The van der Waals surface area contributed by atoms with Crippen molar-refractivity contribution in [1.29, 1.82) is 0 Å². The highest BCUT2D eigenvalue weighted by atomic mass is 16.5. The molecule has 0 saturated carbocycles. The van der Waals surface area contributed by atoms with Gasteiger partial charge in [-0.2, -0.15) is 0 Å². The summed E-state index contributed by atoms with van der Waals surface area (Å²) in [4.78, 5) is 8.03. The Kier molecular flexibility index (Phi) is 3.15. The Balaban J connectivity index is 1.98. The molecule has 4 heteroatoms. The second kappa shape index (κ2) is 5.32. The SMILES string of the molecule is COc1cc2c(OC)cccc2cc1-c1nc2ccccc2[nH]1. The predicted octanol–water partition coefficient (Wildman–Crippen LogP) is 4.40. The van der Waals surface area contributed by atoms with Gasteiger partial charge in [0.05, 0.1) is 30.8 Å². The number of para-hydroxylation sites is 2. The van der Waals surface area contributed by atoms with E-state index >= 15 is 0 Å². The van der Waals surface area contributed by atoms with E-state index in [1.165, 1.54) is 0 Å².